The van der Waals surface area contributed by atoms with E-state index in [1.807, 2.05) is 31.2 Å². The molecular weight excluding hydrogens is 202 g/mol. The van der Waals surface area contributed by atoms with Gasteiger partial charge in [-0.3, -0.25) is 0 Å². The van der Waals surface area contributed by atoms with Gasteiger partial charge in [-0.25, -0.2) is 4.79 Å². The lowest BCUT2D eigenvalue weighted by Crippen LogP contribution is -2.24. The molecule has 0 atom stereocenters. The third-order valence-electron chi connectivity index (χ3n) is 2.42. The van der Waals surface area contributed by atoms with Gasteiger partial charge in [0.05, 0.1) is 6.61 Å². The summed E-state index contributed by atoms with van der Waals surface area (Å²) in [6.07, 6.45) is 1.61. The molecule has 0 aromatic heterocycles. The van der Waals surface area contributed by atoms with Gasteiger partial charge < -0.3 is 10.1 Å². The summed E-state index contributed by atoms with van der Waals surface area (Å²) in [6, 6.07) is 7.98. The standard InChI is InChI=1S/C13H19NO2/c1-3-4-9-16-13(15)14-10-12-8-6-5-7-11(12)2/h5-8H,3-4,9-10H2,1-2H3,(H,14,15). The smallest absolute Gasteiger partial charge is 0.407 e. The predicted molar refractivity (Wildman–Crippen MR) is 64.3 cm³/mol. The molecule has 1 rings (SSSR count). The topological polar surface area (TPSA) is 38.3 Å². The van der Waals surface area contributed by atoms with E-state index in [9.17, 15) is 4.79 Å². The molecule has 0 unspecified atom stereocenters. The molecule has 1 N–H and O–H groups in total. The molecular formula is C13H19NO2. The molecule has 0 radical (unpaired) electrons. The molecule has 1 amide bonds. The first-order chi connectivity index (χ1) is 7.74. The van der Waals surface area contributed by atoms with Crippen LogP contribution in [0.1, 0.15) is 30.9 Å². The molecule has 0 saturated heterocycles. The maximum absolute atomic E-state index is 11.3. The summed E-state index contributed by atoms with van der Waals surface area (Å²) in [6.45, 7) is 5.11. The fraction of sp³-hybridized carbons (Fsp3) is 0.462. The lowest BCUT2D eigenvalue weighted by Gasteiger charge is -2.08. The van der Waals surface area contributed by atoms with E-state index in [2.05, 4.69) is 12.2 Å². The molecule has 0 saturated carbocycles. The highest BCUT2D eigenvalue weighted by Crippen LogP contribution is 2.06. The third-order valence-corrected chi connectivity index (χ3v) is 2.42. The van der Waals surface area contributed by atoms with Gasteiger partial charge in [0.25, 0.3) is 0 Å². The normalized spacial score (nSPS) is 9.88. The monoisotopic (exact) mass is 221 g/mol. The SMILES string of the molecule is CCCCOC(=O)NCc1ccccc1C. The summed E-state index contributed by atoms with van der Waals surface area (Å²) in [7, 11) is 0. The highest BCUT2D eigenvalue weighted by atomic mass is 16.5. The van der Waals surface area contributed by atoms with Crippen LogP contribution < -0.4 is 5.32 Å². The number of ether oxygens (including phenoxy) is 1. The lowest BCUT2D eigenvalue weighted by atomic mass is 10.1. The summed E-state index contributed by atoms with van der Waals surface area (Å²) in [4.78, 5) is 11.3. The minimum atomic E-state index is -0.336. The molecule has 0 aliphatic carbocycles. The van der Waals surface area contributed by atoms with Crippen molar-refractivity contribution in [1.29, 1.82) is 0 Å². The first kappa shape index (κ1) is 12.6. The Morgan fingerprint density at radius 1 is 1.38 bits per heavy atom. The molecule has 1 aromatic carbocycles. The van der Waals surface area contributed by atoms with Gasteiger partial charge >= 0.3 is 6.09 Å². The first-order valence-electron chi connectivity index (χ1n) is 5.69. The minimum Gasteiger partial charge on any atom is -0.450 e. The molecule has 0 spiro atoms. The summed E-state index contributed by atoms with van der Waals surface area (Å²) in [5.41, 5.74) is 2.30. The number of benzene rings is 1. The van der Waals surface area contributed by atoms with Crippen LogP contribution in [0.4, 0.5) is 4.79 Å². The molecule has 0 fully saturated rings. The summed E-state index contributed by atoms with van der Waals surface area (Å²) in [5.74, 6) is 0. The van der Waals surface area contributed by atoms with E-state index in [-0.39, 0.29) is 6.09 Å². The van der Waals surface area contributed by atoms with Crippen LogP contribution >= 0.6 is 0 Å². The van der Waals surface area contributed by atoms with Crippen LogP contribution in [0.2, 0.25) is 0 Å². The van der Waals surface area contributed by atoms with Crippen molar-refractivity contribution < 1.29 is 9.53 Å². The van der Waals surface area contributed by atoms with Crippen molar-refractivity contribution in [1.82, 2.24) is 5.32 Å². The summed E-state index contributed by atoms with van der Waals surface area (Å²) in [5, 5.41) is 2.74. The van der Waals surface area contributed by atoms with Crippen molar-refractivity contribution in [2.24, 2.45) is 0 Å². The van der Waals surface area contributed by atoms with Gasteiger partial charge in [-0.2, -0.15) is 0 Å². The Balaban J connectivity index is 2.29. The van der Waals surface area contributed by atoms with Gasteiger partial charge in [-0.1, -0.05) is 37.6 Å². The highest BCUT2D eigenvalue weighted by molar-refractivity contribution is 5.67. The minimum absolute atomic E-state index is 0.336. The second kappa shape index (κ2) is 6.88. The maximum atomic E-state index is 11.3. The average molecular weight is 221 g/mol. The Hall–Kier alpha value is -1.51. The van der Waals surface area contributed by atoms with E-state index in [0.29, 0.717) is 13.2 Å². The third kappa shape index (κ3) is 4.34. The number of carbonyl (C=O) groups excluding carboxylic acids is 1. The van der Waals surface area contributed by atoms with E-state index in [4.69, 9.17) is 4.74 Å². The van der Waals surface area contributed by atoms with E-state index < -0.39 is 0 Å². The van der Waals surface area contributed by atoms with E-state index >= 15 is 0 Å². The van der Waals surface area contributed by atoms with E-state index in [1.165, 1.54) is 5.56 Å². The molecule has 88 valence electrons. The largest absolute Gasteiger partial charge is 0.450 e. The zero-order valence-electron chi connectivity index (χ0n) is 9.95. The van der Waals surface area contributed by atoms with Crippen LogP contribution in [0.3, 0.4) is 0 Å². The Morgan fingerprint density at radius 3 is 2.81 bits per heavy atom. The second-order valence-electron chi connectivity index (χ2n) is 3.77. The Bertz CT molecular complexity index is 336. The van der Waals surface area contributed by atoms with Crippen LogP contribution in [0.5, 0.6) is 0 Å². The fourth-order valence-corrected chi connectivity index (χ4v) is 1.34. The van der Waals surface area contributed by atoms with Crippen molar-refractivity contribution in [2.75, 3.05) is 6.61 Å². The predicted octanol–water partition coefficient (Wildman–Crippen LogP) is 3.02. The van der Waals surface area contributed by atoms with Gasteiger partial charge in [0.1, 0.15) is 0 Å². The average Bonchev–Trinajstić information content (AvgIpc) is 2.28. The number of alkyl carbamates (subject to hydrolysis) is 1. The van der Waals surface area contributed by atoms with Crippen LogP contribution in [-0.4, -0.2) is 12.7 Å². The molecule has 1 aromatic rings. The first-order valence-corrected chi connectivity index (χ1v) is 5.69. The molecule has 0 heterocycles. The van der Waals surface area contributed by atoms with Crippen LogP contribution in [-0.2, 0) is 11.3 Å². The van der Waals surface area contributed by atoms with Crippen molar-refractivity contribution in [3.05, 3.63) is 35.4 Å². The van der Waals surface area contributed by atoms with Crippen molar-refractivity contribution in [3.8, 4) is 0 Å². The fourth-order valence-electron chi connectivity index (χ4n) is 1.34. The van der Waals surface area contributed by atoms with E-state index in [0.717, 1.165) is 18.4 Å². The Morgan fingerprint density at radius 2 is 2.12 bits per heavy atom. The number of hydrogen-bond acceptors (Lipinski definition) is 2. The van der Waals surface area contributed by atoms with Gasteiger partial charge in [0, 0.05) is 6.54 Å². The number of unbranched alkanes of at least 4 members (excludes halogenated alkanes) is 1. The summed E-state index contributed by atoms with van der Waals surface area (Å²) < 4.78 is 4.99. The number of rotatable bonds is 5. The van der Waals surface area contributed by atoms with Gasteiger partial charge in [0.15, 0.2) is 0 Å². The molecule has 16 heavy (non-hydrogen) atoms. The number of nitrogens with one attached hydrogen (secondary N) is 1. The number of amides is 1. The zero-order valence-corrected chi connectivity index (χ0v) is 9.95. The van der Waals surface area contributed by atoms with Gasteiger partial charge in [-0.05, 0) is 24.5 Å². The number of carbonyl (C=O) groups is 1. The summed E-state index contributed by atoms with van der Waals surface area (Å²) >= 11 is 0. The quantitative estimate of drug-likeness (QED) is 0.776. The molecule has 3 nitrogen and oxygen atoms in total. The van der Waals surface area contributed by atoms with Crippen LogP contribution in [0, 0.1) is 6.92 Å². The molecule has 0 aliphatic rings. The highest BCUT2D eigenvalue weighted by Gasteiger charge is 2.02. The number of aryl methyl sites for hydroxylation is 1. The lowest BCUT2D eigenvalue weighted by molar-refractivity contribution is 0.144. The Kier molecular flexibility index (Phi) is 5.40. The van der Waals surface area contributed by atoms with Crippen LogP contribution in [0.25, 0.3) is 0 Å². The Labute approximate surface area is 96.8 Å². The van der Waals surface area contributed by atoms with Crippen molar-refractivity contribution >= 4 is 6.09 Å². The van der Waals surface area contributed by atoms with Crippen molar-refractivity contribution in [2.45, 2.75) is 33.2 Å². The van der Waals surface area contributed by atoms with E-state index in [1.54, 1.807) is 0 Å². The van der Waals surface area contributed by atoms with Crippen LogP contribution in [0.15, 0.2) is 24.3 Å². The van der Waals surface area contributed by atoms with Gasteiger partial charge in [-0.15, -0.1) is 0 Å². The molecule has 0 bridgehead atoms. The molecule has 3 heteroatoms. The maximum Gasteiger partial charge on any atom is 0.407 e. The second-order valence-corrected chi connectivity index (χ2v) is 3.77. The zero-order chi connectivity index (χ0) is 11.8. The molecule has 0 aliphatic heterocycles. The van der Waals surface area contributed by atoms with Gasteiger partial charge in [0.2, 0.25) is 0 Å². The van der Waals surface area contributed by atoms with Crippen molar-refractivity contribution in [3.63, 3.8) is 0 Å². The number of hydrogen-bond donors (Lipinski definition) is 1.